The van der Waals surface area contributed by atoms with Gasteiger partial charge in [-0.1, -0.05) is 19.3 Å². The van der Waals surface area contributed by atoms with Crippen LogP contribution in [0.4, 0.5) is 23.0 Å². The fourth-order valence-corrected chi connectivity index (χ4v) is 2.95. The first-order valence-electron chi connectivity index (χ1n) is 8.34. The van der Waals surface area contributed by atoms with Gasteiger partial charge in [-0.15, -0.1) is 0 Å². The van der Waals surface area contributed by atoms with Gasteiger partial charge in [0.05, 0.1) is 0 Å². The zero-order valence-electron chi connectivity index (χ0n) is 13.9. The van der Waals surface area contributed by atoms with E-state index >= 15 is 0 Å². The molecular formula is C18H25N5. The Kier molecular flexibility index (Phi) is 4.95. The summed E-state index contributed by atoms with van der Waals surface area (Å²) >= 11 is 0. The molecule has 0 spiro atoms. The Morgan fingerprint density at radius 3 is 2.35 bits per heavy atom. The Morgan fingerprint density at radius 2 is 1.65 bits per heavy atom. The van der Waals surface area contributed by atoms with Crippen molar-refractivity contribution in [3.05, 3.63) is 36.7 Å². The van der Waals surface area contributed by atoms with Crippen LogP contribution in [0.25, 0.3) is 0 Å². The minimum atomic E-state index is 0.547. The largest absolute Gasteiger partial charge is 0.378 e. The molecule has 0 radical (unpaired) electrons. The van der Waals surface area contributed by atoms with Crippen LogP contribution < -0.4 is 15.5 Å². The first kappa shape index (κ1) is 15.6. The molecule has 0 atom stereocenters. The molecule has 3 rings (SSSR count). The van der Waals surface area contributed by atoms with E-state index in [-0.39, 0.29) is 0 Å². The quantitative estimate of drug-likeness (QED) is 0.873. The van der Waals surface area contributed by atoms with Gasteiger partial charge >= 0.3 is 0 Å². The van der Waals surface area contributed by atoms with E-state index in [9.17, 15) is 0 Å². The highest BCUT2D eigenvalue weighted by atomic mass is 15.1. The number of rotatable bonds is 5. The molecule has 1 saturated carbocycles. The third-order valence-electron chi connectivity index (χ3n) is 4.28. The average Bonchev–Trinajstić information content (AvgIpc) is 2.57. The maximum absolute atomic E-state index is 4.34. The monoisotopic (exact) mass is 311 g/mol. The number of hydrogen-bond donors (Lipinski definition) is 2. The number of nitrogens with zero attached hydrogens (tertiary/aromatic N) is 3. The molecule has 1 aliphatic rings. The van der Waals surface area contributed by atoms with Crippen LogP contribution in [-0.4, -0.2) is 30.1 Å². The molecule has 1 aromatic heterocycles. The normalized spacial score (nSPS) is 15.2. The van der Waals surface area contributed by atoms with Crippen molar-refractivity contribution in [2.75, 3.05) is 29.6 Å². The van der Waals surface area contributed by atoms with E-state index in [1.807, 2.05) is 20.2 Å². The second kappa shape index (κ2) is 7.31. The second-order valence-electron chi connectivity index (χ2n) is 6.33. The van der Waals surface area contributed by atoms with Gasteiger partial charge in [0.2, 0.25) is 0 Å². The van der Waals surface area contributed by atoms with Crippen molar-refractivity contribution in [3.63, 3.8) is 0 Å². The minimum Gasteiger partial charge on any atom is -0.378 e. The summed E-state index contributed by atoms with van der Waals surface area (Å²) in [5.74, 6) is 1.72. The van der Waals surface area contributed by atoms with Crippen LogP contribution in [0.3, 0.4) is 0 Å². The molecule has 0 saturated heterocycles. The van der Waals surface area contributed by atoms with E-state index in [2.05, 4.69) is 49.8 Å². The number of hydrogen-bond acceptors (Lipinski definition) is 5. The van der Waals surface area contributed by atoms with Crippen molar-refractivity contribution < 1.29 is 0 Å². The first-order valence-corrected chi connectivity index (χ1v) is 8.34. The van der Waals surface area contributed by atoms with Gasteiger partial charge < -0.3 is 15.5 Å². The molecule has 0 aliphatic heterocycles. The lowest BCUT2D eigenvalue weighted by Gasteiger charge is -2.23. The minimum absolute atomic E-state index is 0.547. The molecule has 5 nitrogen and oxygen atoms in total. The summed E-state index contributed by atoms with van der Waals surface area (Å²) < 4.78 is 0. The van der Waals surface area contributed by atoms with Crippen LogP contribution in [-0.2, 0) is 0 Å². The summed E-state index contributed by atoms with van der Waals surface area (Å²) in [6.45, 7) is 0. The number of nitrogens with one attached hydrogen (secondary N) is 2. The van der Waals surface area contributed by atoms with Gasteiger partial charge in [-0.3, -0.25) is 0 Å². The second-order valence-corrected chi connectivity index (χ2v) is 6.33. The van der Waals surface area contributed by atoms with Crippen molar-refractivity contribution in [2.24, 2.45) is 0 Å². The first-order chi connectivity index (χ1) is 11.2. The molecule has 5 heteroatoms. The smallest absolute Gasteiger partial charge is 0.135 e. The fraction of sp³-hybridized carbons (Fsp3) is 0.444. The summed E-state index contributed by atoms with van der Waals surface area (Å²) in [5, 5.41) is 6.87. The zero-order chi connectivity index (χ0) is 16.1. The Balaban J connectivity index is 1.64. The zero-order valence-corrected chi connectivity index (χ0v) is 13.9. The topological polar surface area (TPSA) is 53.1 Å². The predicted octanol–water partition coefficient (Wildman–Crippen LogP) is 4.03. The number of anilines is 4. The van der Waals surface area contributed by atoms with Gasteiger partial charge in [-0.25, -0.2) is 9.97 Å². The summed E-state index contributed by atoms with van der Waals surface area (Å²) in [7, 11) is 4.08. The molecule has 2 N–H and O–H groups in total. The van der Waals surface area contributed by atoms with Crippen LogP contribution in [0.15, 0.2) is 36.7 Å². The standard InChI is InChI=1S/C18H25N5/c1-23(2)16-10-8-15(9-11-16)22-18-12-17(19-13-20-18)21-14-6-4-3-5-7-14/h8-14H,3-7H2,1-2H3,(H2,19,20,21,22). The molecule has 1 aliphatic carbocycles. The molecule has 122 valence electrons. The third kappa shape index (κ3) is 4.34. The van der Waals surface area contributed by atoms with E-state index < -0.39 is 0 Å². The number of benzene rings is 1. The Bertz CT molecular complexity index is 618. The third-order valence-corrected chi connectivity index (χ3v) is 4.28. The van der Waals surface area contributed by atoms with Crippen molar-refractivity contribution in [2.45, 2.75) is 38.1 Å². The molecule has 0 unspecified atom stereocenters. The van der Waals surface area contributed by atoms with Crippen LogP contribution in [0, 0.1) is 0 Å². The van der Waals surface area contributed by atoms with E-state index in [1.54, 1.807) is 6.33 Å². The van der Waals surface area contributed by atoms with Gasteiger partial charge in [0, 0.05) is 37.6 Å². The lowest BCUT2D eigenvalue weighted by molar-refractivity contribution is 0.462. The Hall–Kier alpha value is -2.30. The molecule has 0 amide bonds. The van der Waals surface area contributed by atoms with Gasteiger partial charge in [0.1, 0.15) is 18.0 Å². The lowest BCUT2D eigenvalue weighted by Crippen LogP contribution is -2.22. The Labute approximate surface area is 138 Å². The summed E-state index contributed by atoms with van der Waals surface area (Å²) in [6.07, 6.45) is 8.06. The summed E-state index contributed by atoms with van der Waals surface area (Å²) in [6, 6.07) is 10.8. The van der Waals surface area contributed by atoms with Crippen LogP contribution in [0.5, 0.6) is 0 Å². The molecule has 2 aromatic rings. The predicted molar refractivity (Wildman–Crippen MR) is 96.6 cm³/mol. The molecule has 1 aromatic carbocycles. The molecular weight excluding hydrogens is 286 g/mol. The highest BCUT2D eigenvalue weighted by Crippen LogP contribution is 2.23. The fourth-order valence-electron chi connectivity index (χ4n) is 2.95. The maximum Gasteiger partial charge on any atom is 0.135 e. The molecule has 1 fully saturated rings. The van der Waals surface area contributed by atoms with Crippen molar-refractivity contribution in [3.8, 4) is 0 Å². The molecule has 23 heavy (non-hydrogen) atoms. The SMILES string of the molecule is CN(C)c1ccc(Nc2cc(NC3CCCCC3)ncn2)cc1. The lowest BCUT2D eigenvalue weighted by atomic mass is 9.95. The van der Waals surface area contributed by atoms with E-state index in [4.69, 9.17) is 0 Å². The average molecular weight is 311 g/mol. The van der Waals surface area contributed by atoms with E-state index in [0.717, 1.165) is 17.3 Å². The van der Waals surface area contributed by atoms with Gasteiger partial charge in [-0.05, 0) is 37.1 Å². The van der Waals surface area contributed by atoms with Crippen molar-refractivity contribution >= 4 is 23.0 Å². The number of aromatic nitrogens is 2. The Morgan fingerprint density at radius 1 is 0.957 bits per heavy atom. The highest BCUT2D eigenvalue weighted by Gasteiger charge is 2.13. The van der Waals surface area contributed by atoms with Crippen LogP contribution in [0.1, 0.15) is 32.1 Å². The van der Waals surface area contributed by atoms with E-state index in [0.29, 0.717) is 6.04 Å². The summed E-state index contributed by atoms with van der Waals surface area (Å²) in [5.41, 5.74) is 2.20. The molecule has 0 bridgehead atoms. The highest BCUT2D eigenvalue weighted by molar-refractivity contribution is 5.62. The van der Waals surface area contributed by atoms with Gasteiger partial charge in [-0.2, -0.15) is 0 Å². The van der Waals surface area contributed by atoms with Crippen molar-refractivity contribution in [1.82, 2.24) is 9.97 Å². The van der Waals surface area contributed by atoms with E-state index in [1.165, 1.54) is 37.8 Å². The van der Waals surface area contributed by atoms with Gasteiger partial charge in [0.25, 0.3) is 0 Å². The van der Waals surface area contributed by atoms with Crippen LogP contribution in [0.2, 0.25) is 0 Å². The van der Waals surface area contributed by atoms with Gasteiger partial charge in [0.15, 0.2) is 0 Å². The maximum atomic E-state index is 4.34. The summed E-state index contributed by atoms with van der Waals surface area (Å²) in [4.78, 5) is 10.7. The van der Waals surface area contributed by atoms with Crippen LogP contribution >= 0.6 is 0 Å². The molecule has 1 heterocycles. The van der Waals surface area contributed by atoms with Crippen molar-refractivity contribution in [1.29, 1.82) is 0 Å².